The van der Waals surface area contributed by atoms with E-state index in [4.69, 9.17) is 15.0 Å². The molecule has 0 radical (unpaired) electrons. The Morgan fingerprint density at radius 2 is 1.02 bits per heavy atom. The number of hydrogen-bond donors (Lipinski definition) is 0. The fraction of sp³-hybridized carbons (Fsp3) is 0. The van der Waals surface area contributed by atoms with Crippen LogP contribution in [0.25, 0.3) is 103 Å². The molecule has 242 valence electrons. The molecule has 3 heterocycles. The van der Waals surface area contributed by atoms with Crippen molar-refractivity contribution in [3.8, 4) is 39.9 Å². The molecule has 11 rings (SSSR count). The largest absolute Gasteiger partial charge is 0.309 e. The number of thiophene rings is 1. The van der Waals surface area contributed by atoms with Crippen molar-refractivity contribution in [2.24, 2.45) is 0 Å². The Hall–Kier alpha value is -6.69. The summed E-state index contributed by atoms with van der Waals surface area (Å²) in [6.45, 7) is 0. The van der Waals surface area contributed by atoms with Crippen LogP contribution in [0.15, 0.2) is 170 Å². The van der Waals surface area contributed by atoms with Crippen molar-refractivity contribution >= 4 is 74.9 Å². The number of hydrogen-bond acceptors (Lipinski definition) is 4. The van der Waals surface area contributed by atoms with Gasteiger partial charge in [0.2, 0.25) is 0 Å². The molecule has 11 aromatic rings. The van der Waals surface area contributed by atoms with Crippen molar-refractivity contribution in [2.75, 3.05) is 0 Å². The van der Waals surface area contributed by atoms with Crippen LogP contribution in [0, 0.1) is 0 Å². The number of aromatic nitrogens is 4. The number of nitrogens with zero attached hydrogens (tertiary/aromatic N) is 4. The molecule has 5 heteroatoms. The second-order valence-corrected chi connectivity index (χ2v) is 14.3. The van der Waals surface area contributed by atoms with E-state index in [1.807, 2.05) is 18.2 Å². The fourth-order valence-corrected chi connectivity index (χ4v) is 8.95. The van der Waals surface area contributed by atoms with Gasteiger partial charge in [0.1, 0.15) is 0 Å². The highest BCUT2D eigenvalue weighted by Crippen LogP contribution is 2.40. The minimum absolute atomic E-state index is 0.649. The van der Waals surface area contributed by atoms with Gasteiger partial charge in [0.05, 0.1) is 16.7 Å². The smallest absolute Gasteiger partial charge is 0.164 e. The van der Waals surface area contributed by atoms with Gasteiger partial charge < -0.3 is 4.57 Å². The van der Waals surface area contributed by atoms with Gasteiger partial charge in [-0.15, -0.1) is 11.3 Å². The molecule has 52 heavy (non-hydrogen) atoms. The Balaban J connectivity index is 1.14. The zero-order valence-corrected chi connectivity index (χ0v) is 28.7. The van der Waals surface area contributed by atoms with E-state index in [2.05, 4.69) is 156 Å². The van der Waals surface area contributed by atoms with Crippen molar-refractivity contribution in [1.82, 2.24) is 19.5 Å². The topological polar surface area (TPSA) is 43.6 Å². The summed E-state index contributed by atoms with van der Waals surface area (Å²) in [7, 11) is 0. The highest BCUT2D eigenvalue weighted by atomic mass is 32.1. The Labute approximate surface area is 302 Å². The Morgan fingerprint density at radius 1 is 0.365 bits per heavy atom. The number of fused-ring (bicyclic) bond motifs is 8. The molecular formula is C47H28N4S. The molecular weight excluding hydrogens is 653 g/mol. The molecule has 8 aromatic carbocycles. The molecule has 0 spiro atoms. The van der Waals surface area contributed by atoms with Crippen LogP contribution < -0.4 is 0 Å². The molecule has 0 saturated heterocycles. The van der Waals surface area contributed by atoms with Gasteiger partial charge in [-0.3, -0.25) is 0 Å². The van der Waals surface area contributed by atoms with Gasteiger partial charge in [-0.25, -0.2) is 15.0 Å². The SMILES string of the molecule is c1ccc(-c2nc(-c3ccc4c(c3)sc3ccccc34)nc(-c3cccc4c(-n5c6ccccc6c6cc7ccccc7cc65)cccc34)n2)cc1. The van der Waals surface area contributed by atoms with Crippen LogP contribution in [0.4, 0.5) is 0 Å². The maximum atomic E-state index is 5.21. The highest BCUT2D eigenvalue weighted by Gasteiger charge is 2.19. The van der Waals surface area contributed by atoms with E-state index in [1.165, 1.54) is 52.8 Å². The first kappa shape index (κ1) is 29.1. The predicted octanol–water partition coefficient (Wildman–Crippen LogP) is 12.6. The van der Waals surface area contributed by atoms with Crippen molar-refractivity contribution in [2.45, 2.75) is 0 Å². The standard InChI is InChI=1S/C47H28N4S/c1-2-12-29(13-3-1)45-48-46(32-24-25-37-36-17-7-9-23-43(36)52-44(37)28-32)50-47(49-45)38-20-10-19-34-33(38)18-11-22-41(34)51-40-21-8-6-16-35(40)39-26-30-14-4-5-15-31(30)27-42(39)51/h1-28H. The fourth-order valence-electron chi connectivity index (χ4n) is 7.80. The summed E-state index contributed by atoms with van der Waals surface area (Å²) >= 11 is 1.80. The molecule has 0 aliphatic carbocycles. The van der Waals surface area contributed by atoms with E-state index >= 15 is 0 Å². The van der Waals surface area contributed by atoms with Crippen LogP contribution in [0.5, 0.6) is 0 Å². The molecule has 0 bridgehead atoms. The summed E-state index contributed by atoms with van der Waals surface area (Å²) in [5.74, 6) is 1.96. The van der Waals surface area contributed by atoms with Gasteiger partial charge in [-0.1, -0.05) is 133 Å². The van der Waals surface area contributed by atoms with Crippen LogP contribution in [0.1, 0.15) is 0 Å². The third-order valence-corrected chi connectivity index (χ3v) is 11.4. The van der Waals surface area contributed by atoms with Crippen molar-refractivity contribution in [3.05, 3.63) is 170 Å². The number of benzene rings is 8. The van der Waals surface area contributed by atoms with Crippen molar-refractivity contribution in [3.63, 3.8) is 0 Å². The molecule has 0 amide bonds. The van der Waals surface area contributed by atoms with Gasteiger partial charge in [-0.2, -0.15) is 0 Å². The lowest BCUT2D eigenvalue weighted by molar-refractivity contribution is 1.08. The average molecular weight is 681 g/mol. The van der Waals surface area contributed by atoms with Gasteiger partial charge >= 0.3 is 0 Å². The van der Waals surface area contributed by atoms with Gasteiger partial charge in [0, 0.05) is 53.0 Å². The predicted molar refractivity (Wildman–Crippen MR) is 218 cm³/mol. The lowest BCUT2D eigenvalue weighted by atomic mass is 10.0. The van der Waals surface area contributed by atoms with Gasteiger partial charge in [0.15, 0.2) is 17.5 Å². The summed E-state index contributed by atoms with van der Waals surface area (Å²) < 4.78 is 4.91. The quantitative estimate of drug-likeness (QED) is 0.186. The summed E-state index contributed by atoms with van der Waals surface area (Å²) in [5, 5.41) is 9.69. The molecule has 3 aromatic heterocycles. The molecule has 0 atom stereocenters. The van der Waals surface area contributed by atoms with E-state index < -0.39 is 0 Å². The lowest BCUT2D eigenvalue weighted by Crippen LogP contribution is -2.01. The molecule has 0 N–H and O–H groups in total. The summed E-state index contributed by atoms with van der Waals surface area (Å²) in [4.78, 5) is 15.4. The number of para-hydroxylation sites is 1. The van der Waals surface area contributed by atoms with Crippen LogP contribution in [0.3, 0.4) is 0 Å². The van der Waals surface area contributed by atoms with E-state index in [1.54, 1.807) is 11.3 Å². The molecule has 0 aliphatic heterocycles. The molecule has 0 saturated carbocycles. The minimum atomic E-state index is 0.649. The van der Waals surface area contributed by atoms with Gasteiger partial charge in [0.25, 0.3) is 0 Å². The molecule has 4 nitrogen and oxygen atoms in total. The Bertz CT molecular complexity index is 3190. The molecule has 0 fully saturated rings. The summed E-state index contributed by atoms with van der Waals surface area (Å²) in [5.41, 5.74) is 6.37. The van der Waals surface area contributed by atoms with E-state index in [0.29, 0.717) is 17.5 Å². The zero-order valence-electron chi connectivity index (χ0n) is 27.9. The van der Waals surface area contributed by atoms with E-state index in [0.717, 1.165) is 33.2 Å². The van der Waals surface area contributed by atoms with E-state index in [9.17, 15) is 0 Å². The third-order valence-electron chi connectivity index (χ3n) is 10.2. The van der Waals surface area contributed by atoms with E-state index in [-0.39, 0.29) is 0 Å². The molecule has 0 unspecified atom stereocenters. The van der Waals surface area contributed by atoms with Crippen molar-refractivity contribution < 1.29 is 0 Å². The Morgan fingerprint density at radius 3 is 1.90 bits per heavy atom. The first-order valence-electron chi connectivity index (χ1n) is 17.4. The van der Waals surface area contributed by atoms with Crippen LogP contribution in [0.2, 0.25) is 0 Å². The first-order valence-corrected chi connectivity index (χ1v) is 18.3. The van der Waals surface area contributed by atoms with Crippen LogP contribution in [-0.4, -0.2) is 19.5 Å². The second kappa shape index (κ2) is 11.4. The number of rotatable bonds is 4. The molecule has 0 aliphatic rings. The summed E-state index contributed by atoms with van der Waals surface area (Å²) in [6, 6.07) is 60.3. The normalized spacial score (nSPS) is 11.8. The maximum absolute atomic E-state index is 5.21. The summed E-state index contributed by atoms with van der Waals surface area (Å²) in [6.07, 6.45) is 0. The maximum Gasteiger partial charge on any atom is 0.164 e. The minimum Gasteiger partial charge on any atom is -0.309 e. The third kappa shape index (κ3) is 4.50. The van der Waals surface area contributed by atoms with Crippen LogP contribution >= 0.6 is 11.3 Å². The highest BCUT2D eigenvalue weighted by molar-refractivity contribution is 7.25. The average Bonchev–Trinajstić information content (AvgIpc) is 3.74. The second-order valence-electron chi connectivity index (χ2n) is 13.2. The Kier molecular flexibility index (Phi) is 6.39. The first-order chi connectivity index (χ1) is 25.8. The van der Waals surface area contributed by atoms with Crippen LogP contribution in [-0.2, 0) is 0 Å². The monoisotopic (exact) mass is 680 g/mol. The lowest BCUT2D eigenvalue weighted by Gasteiger charge is -2.14. The van der Waals surface area contributed by atoms with Crippen molar-refractivity contribution in [1.29, 1.82) is 0 Å². The zero-order chi connectivity index (χ0) is 34.2. The van der Waals surface area contributed by atoms with Gasteiger partial charge in [-0.05, 0) is 52.6 Å².